The summed E-state index contributed by atoms with van der Waals surface area (Å²) in [5, 5.41) is 3.46. The maximum atomic E-state index is 3.46. The van der Waals surface area contributed by atoms with E-state index in [9.17, 15) is 0 Å². The van der Waals surface area contributed by atoms with Gasteiger partial charge >= 0.3 is 0 Å². The summed E-state index contributed by atoms with van der Waals surface area (Å²) in [6, 6.07) is 5.35. The van der Waals surface area contributed by atoms with Gasteiger partial charge in [0.15, 0.2) is 0 Å². The second kappa shape index (κ2) is 10.9. The van der Waals surface area contributed by atoms with E-state index in [0.717, 1.165) is 13.1 Å². The number of halogens is 2. The highest BCUT2D eigenvalue weighted by Gasteiger charge is 2.22. The average molecular weight is 339 g/mol. The molecule has 1 aromatic heterocycles. The molecule has 118 valence electrons. The van der Waals surface area contributed by atoms with Crippen LogP contribution in [0.5, 0.6) is 0 Å². The Kier molecular flexibility index (Phi) is 11.0. The van der Waals surface area contributed by atoms with Crippen molar-refractivity contribution in [3.05, 3.63) is 21.9 Å². The van der Waals surface area contributed by atoms with Crippen molar-refractivity contribution in [3.63, 3.8) is 0 Å². The van der Waals surface area contributed by atoms with Crippen molar-refractivity contribution in [2.45, 2.75) is 45.6 Å². The summed E-state index contributed by atoms with van der Waals surface area (Å²) in [5.74, 6) is 0. The van der Waals surface area contributed by atoms with E-state index < -0.39 is 0 Å². The molecular weight excluding hydrogens is 311 g/mol. The van der Waals surface area contributed by atoms with E-state index in [1.54, 1.807) is 4.88 Å². The Balaban J connectivity index is 0.00000180. The van der Waals surface area contributed by atoms with E-state index in [1.165, 1.54) is 43.6 Å². The molecule has 0 aromatic carbocycles. The lowest BCUT2D eigenvalue weighted by molar-refractivity contribution is 0.165. The molecule has 2 nitrogen and oxygen atoms in total. The minimum atomic E-state index is 0. The lowest BCUT2D eigenvalue weighted by atomic mass is 10.1. The van der Waals surface area contributed by atoms with Gasteiger partial charge in [-0.25, -0.2) is 0 Å². The quantitative estimate of drug-likeness (QED) is 0.832. The number of hydrogen-bond donors (Lipinski definition) is 1. The lowest BCUT2D eigenvalue weighted by Gasteiger charge is -2.34. The third-order valence-electron chi connectivity index (χ3n) is 3.78. The van der Waals surface area contributed by atoms with Crippen LogP contribution in [0, 0.1) is 0 Å². The van der Waals surface area contributed by atoms with Crippen LogP contribution in [0.2, 0.25) is 0 Å². The van der Waals surface area contributed by atoms with Crippen molar-refractivity contribution >= 4 is 36.2 Å². The number of unbranched alkanes of at least 4 members (excludes halogenated alkanes) is 1. The summed E-state index contributed by atoms with van der Waals surface area (Å²) in [5.41, 5.74) is 0. The van der Waals surface area contributed by atoms with Crippen LogP contribution in [-0.4, -0.2) is 31.1 Å². The van der Waals surface area contributed by atoms with E-state index in [4.69, 9.17) is 0 Å². The number of aryl methyl sites for hydroxylation is 1. The Bertz CT molecular complexity index is 351. The molecule has 1 aromatic rings. The van der Waals surface area contributed by atoms with Gasteiger partial charge < -0.3 is 5.32 Å². The largest absolute Gasteiger partial charge is 0.314 e. The summed E-state index contributed by atoms with van der Waals surface area (Å²) in [7, 11) is 0. The van der Waals surface area contributed by atoms with Crippen LogP contribution in [0.1, 0.15) is 48.9 Å². The van der Waals surface area contributed by atoms with Crippen molar-refractivity contribution in [1.29, 1.82) is 0 Å². The highest BCUT2D eigenvalue weighted by molar-refractivity contribution is 7.12. The first kappa shape index (κ1) is 20.2. The number of hydrogen-bond acceptors (Lipinski definition) is 3. The van der Waals surface area contributed by atoms with E-state index in [-0.39, 0.29) is 24.8 Å². The normalized spacial score (nSPS) is 17.1. The highest BCUT2D eigenvalue weighted by Crippen LogP contribution is 2.32. The van der Waals surface area contributed by atoms with E-state index in [1.807, 2.05) is 11.3 Å². The standard InChI is InChI=1S/C15H26N2S.2ClH/c1-3-5-6-14(17-11-9-16-10-12-17)15-8-7-13(4-2)18-15;;/h7-8,14,16H,3-6,9-12H2,1-2H3;2*1H/t14-;;/m0../s1. The lowest BCUT2D eigenvalue weighted by Crippen LogP contribution is -2.45. The van der Waals surface area contributed by atoms with Crippen LogP contribution < -0.4 is 5.32 Å². The van der Waals surface area contributed by atoms with Gasteiger partial charge in [0.1, 0.15) is 0 Å². The van der Waals surface area contributed by atoms with Gasteiger partial charge in [0.2, 0.25) is 0 Å². The molecule has 0 unspecified atom stereocenters. The molecule has 5 heteroatoms. The van der Waals surface area contributed by atoms with Gasteiger partial charge in [-0.3, -0.25) is 4.90 Å². The van der Waals surface area contributed by atoms with Crippen molar-refractivity contribution in [1.82, 2.24) is 10.2 Å². The predicted octanol–water partition coefficient (Wildman–Crippen LogP) is 4.29. The molecule has 1 aliphatic heterocycles. The third-order valence-corrected chi connectivity index (χ3v) is 5.11. The first-order valence-electron chi connectivity index (χ1n) is 7.38. The maximum absolute atomic E-state index is 3.46. The predicted molar refractivity (Wildman–Crippen MR) is 94.9 cm³/mol. The molecule has 1 fully saturated rings. The average Bonchev–Trinajstić information content (AvgIpc) is 2.89. The second-order valence-corrected chi connectivity index (χ2v) is 6.30. The first-order valence-corrected chi connectivity index (χ1v) is 8.20. The van der Waals surface area contributed by atoms with Gasteiger partial charge in [-0.1, -0.05) is 26.7 Å². The van der Waals surface area contributed by atoms with E-state index >= 15 is 0 Å². The minimum absolute atomic E-state index is 0. The summed E-state index contributed by atoms with van der Waals surface area (Å²) < 4.78 is 0. The van der Waals surface area contributed by atoms with Crippen molar-refractivity contribution in [2.24, 2.45) is 0 Å². The zero-order chi connectivity index (χ0) is 12.8. The van der Waals surface area contributed by atoms with Gasteiger partial charge in [0.25, 0.3) is 0 Å². The molecule has 1 aliphatic rings. The molecule has 0 bridgehead atoms. The maximum Gasteiger partial charge on any atom is 0.0442 e. The van der Waals surface area contributed by atoms with Gasteiger partial charge in [-0.2, -0.15) is 0 Å². The Hall–Kier alpha value is 0.200. The zero-order valence-corrected chi connectivity index (χ0v) is 15.0. The molecule has 20 heavy (non-hydrogen) atoms. The van der Waals surface area contributed by atoms with Crippen LogP contribution in [0.25, 0.3) is 0 Å². The summed E-state index contributed by atoms with van der Waals surface area (Å²) in [6.07, 6.45) is 5.13. The van der Waals surface area contributed by atoms with Crippen molar-refractivity contribution < 1.29 is 0 Å². The van der Waals surface area contributed by atoms with Gasteiger partial charge in [-0.15, -0.1) is 36.2 Å². The molecule has 2 heterocycles. The monoisotopic (exact) mass is 338 g/mol. The van der Waals surface area contributed by atoms with Gasteiger partial charge in [-0.05, 0) is 25.0 Å². The number of thiophene rings is 1. The summed E-state index contributed by atoms with van der Waals surface area (Å²) in [4.78, 5) is 5.79. The minimum Gasteiger partial charge on any atom is -0.314 e. The van der Waals surface area contributed by atoms with Crippen LogP contribution in [-0.2, 0) is 6.42 Å². The van der Waals surface area contributed by atoms with Crippen LogP contribution >= 0.6 is 36.2 Å². The zero-order valence-electron chi connectivity index (χ0n) is 12.6. The van der Waals surface area contributed by atoms with Crippen molar-refractivity contribution in [2.75, 3.05) is 26.2 Å². The van der Waals surface area contributed by atoms with Crippen molar-refractivity contribution in [3.8, 4) is 0 Å². The SMILES string of the molecule is CCCC[C@@H](c1ccc(CC)s1)N1CCNCC1.Cl.Cl. The van der Waals surface area contributed by atoms with Gasteiger partial charge in [0.05, 0.1) is 0 Å². The fraction of sp³-hybridized carbons (Fsp3) is 0.733. The molecule has 1 atom stereocenters. The number of rotatable bonds is 6. The van der Waals surface area contributed by atoms with Crippen LogP contribution in [0.15, 0.2) is 12.1 Å². The Morgan fingerprint density at radius 2 is 1.90 bits per heavy atom. The fourth-order valence-corrected chi connectivity index (χ4v) is 3.78. The Morgan fingerprint density at radius 3 is 2.45 bits per heavy atom. The number of nitrogens with zero attached hydrogens (tertiary/aromatic N) is 1. The Morgan fingerprint density at radius 1 is 1.20 bits per heavy atom. The van der Waals surface area contributed by atoms with Gasteiger partial charge in [0, 0.05) is 42.0 Å². The van der Waals surface area contributed by atoms with Crippen LogP contribution in [0.4, 0.5) is 0 Å². The van der Waals surface area contributed by atoms with Crippen LogP contribution in [0.3, 0.4) is 0 Å². The molecule has 0 amide bonds. The molecule has 0 saturated carbocycles. The fourth-order valence-electron chi connectivity index (χ4n) is 2.66. The van der Waals surface area contributed by atoms with E-state index in [0.29, 0.717) is 6.04 Å². The molecule has 1 saturated heterocycles. The molecule has 0 spiro atoms. The second-order valence-electron chi connectivity index (χ2n) is 5.10. The number of piperazine rings is 1. The Labute approximate surface area is 140 Å². The van der Waals surface area contributed by atoms with E-state index in [2.05, 4.69) is 36.2 Å². The first-order chi connectivity index (χ1) is 8.85. The smallest absolute Gasteiger partial charge is 0.0442 e. The molecule has 2 rings (SSSR count). The molecule has 0 radical (unpaired) electrons. The third kappa shape index (κ3) is 5.53. The topological polar surface area (TPSA) is 15.3 Å². The highest BCUT2D eigenvalue weighted by atomic mass is 35.5. The summed E-state index contributed by atoms with van der Waals surface area (Å²) in [6.45, 7) is 9.24. The molecular formula is C15H28Cl2N2S. The molecule has 0 aliphatic carbocycles. The molecule has 1 N–H and O–H groups in total. The number of nitrogens with one attached hydrogen (secondary N) is 1. The summed E-state index contributed by atoms with van der Waals surface area (Å²) >= 11 is 2.02.